The second kappa shape index (κ2) is 7.31. The molecule has 9 heteroatoms. The van der Waals surface area contributed by atoms with Gasteiger partial charge in [-0.05, 0) is 88.0 Å². The fourth-order valence-electron chi connectivity index (χ4n) is 5.94. The number of amides is 2. The molecular formula is C22H27F3N2O4. The lowest BCUT2D eigenvalue weighted by molar-refractivity contribution is -0.274. The molecule has 5 rings (SSSR count). The van der Waals surface area contributed by atoms with Crippen molar-refractivity contribution in [3.8, 4) is 11.5 Å². The molecule has 170 valence electrons. The van der Waals surface area contributed by atoms with Gasteiger partial charge in [-0.3, -0.25) is 9.59 Å². The number of halogens is 3. The predicted molar refractivity (Wildman–Crippen MR) is 105 cm³/mol. The summed E-state index contributed by atoms with van der Waals surface area (Å²) in [6.07, 6.45) is -0.521. The first-order valence-electron chi connectivity index (χ1n) is 10.5. The van der Waals surface area contributed by atoms with E-state index in [0.29, 0.717) is 18.8 Å². The van der Waals surface area contributed by atoms with E-state index in [1.54, 1.807) is 13.8 Å². The summed E-state index contributed by atoms with van der Waals surface area (Å²) in [5, 5.41) is 3.13. The number of ether oxygens (including phenoxy) is 2. The maximum atomic E-state index is 13.0. The Morgan fingerprint density at radius 3 is 2.00 bits per heavy atom. The molecule has 4 aliphatic carbocycles. The van der Waals surface area contributed by atoms with Crippen LogP contribution in [0.3, 0.4) is 0 Å². The van der Waals surface area contributed by atoms with E-state index in [2.05, 4.69) is 10.1 Å². The molecule has 0 radical (unpaired) electrons. The molecule has 4 saturated carbocycles. The number of hydrogen-bond acceptors (Lipinski definition) is 4. The highest BCUT2D eigenvalue weighted by Gasteiger charge is 2.58. The second-order valence-corrected chi connectivity index (χ2v) is 9.75. The van der Waals surface area contributed by atoms with Crippen LogP contribution in [0.1, 0.15) is 46.0 Å². The number of benzene rings is 1. The molecule has 4 fully saturated rings. The number of nitrogens with one attached hydrogen (secondary N) is 1. The molecule has 0 spiro atoms. The Morgan fingerprint density at radius 2 is 1.52 bits per heavy atom. The predicted octanol–water partition coefficient (Wildman–Crippen LogP) is 3.54. The van der Waals surface area contributed by atoms with Gasteiger partial charge in [0.05, 0.1) is 0 Å². The summed E-state index contributed by atoms with van der Waals surface area (Å²) in [7, 11) is 0. The smallest absolute Gasteiger partial charge is 0.478 e. The maximum absolute atomic E-state index is 13.0. The van der Waals surface area contributed by atoms with Crippen LogP contribution in [0.2, 0.25) is 0 Å². The van der Waals surface area contributed by atoms with Gasteiger partial charge in [0.15, 0.2) is 5.60 Å². The lowest BCUT2D eigenvalue weighted by Gasteiger charge is -2.59. The summed E-state index contributed by atoms with van der Waals surface area (Å²) in [6.45, 7) is 3.23. The largest absolute Gasteiger partial charge is 0.573 e. The molecule has 0 aromatic heterocycles. The van der Waals surface area contributed by atoms with E-state index in [-0.39, 0.29) is 41.2 Å². The Balaban J connectivity index is 1.40. The lowest BCUT2D eigenvalue weighted by Crippen LogP contribution is -2.63. The molecule has 2 unspecified atom stereocenters. The molecule has 0 aliphatic heterocycles. The molecule has 4 bridgehead atoms. The van der Waals surface area contributed by atoms with Crippen LogP contribution in [0.5, 0.6) is 11.5 Å². The fourth-order valence-corrected chi connectivity index (χ4v) is 5.94. The van der Waals surface area contributed by atoms with E-state index in [9.17, 15) is 22.8 Å². The van der Waals surface area contributed by atoms with Gasteiger partial charge in [0.2, 0.25) is 5.91 Å². The summed E-state index contributed by atoms with van der Waals surface area (Å²) in [6, 6.07) is 4.91. The van der Waals surface area contributed by atoms with Gasteiger partial charge in [0.25, 0.3) is 5.91 Å². The quantitative estimate of drug-likeness (QED) is 0.708. The van der Waals surface area contributed by atoms with Gasteiger partial charge in [-0.15, -0.1) is 13.2 Å². The minimum absolute atomic E-state index is 0.0260. The number of alkyl halides is 3. The summed E-state index contributed by atoms with van der Waals surface area (Å²) >= 11 is 0. The number of carbonyl (C=O) groups excluding carboxylic acids is 2. The summed E-state index contributed by atoms with van der Waals surface area (Å²) in [4.78, 5) is 25.1. The van der Waals surface area contributed by atoms with Crippen molar-refractivity contribution in [2.75, 3.05) is 0 Å². The first-order chi connectivity index (χ1) is 14.4. The Labute approximate surface area is 178 Å². The minimum atomic E-state index is -4.77. The molecular weight excluding hydrogens is 413 g/mol. The summed E-state index contributed by atoms with van der Waals surface area (Å²) < 4.78 is 46.5. The SMILES string of the molecule is CC(C)(Oc1ccc(OC(F)(F)F)cc1)C(=O)NC1C2CC3CC1CC(C(N)=O)(C3)C2. The Morgan fingerprint density at radius 1 is 1.00 bits per heavy atom. The highest BCUT2D eigenvalue weighted by Crippen LogP contribution is 2.60. The molecule has 1 aromatic carbocycles. The minimum Gasteiger partial charge on any atom is -0.478 e. The first-order valence-corrected chi connectivity index (χ1v) is 10.5. The van der Waals surface area contributed by atoms with Crippen LogP contribution in [-0.2, 0) is 9.59 Å². The molecule has 3 N–H and O–H groups in total. The van der Waals surface area contributed by atoms with Crippen LogP contribution in [0, 0.1) is 23.2 Å². The average molecular weight is 440 g/mol. The van der Waals surface area contributed by atoms with E-state index < -0.39 is 17.4 Å². The maximum Gasteiger partial charge on any atom is 0.573 e. The zero-order valence-corrected chi connectivity index (χ0v) is 17.5. The normalized spacial score (nSPS) is 31.9. The molecule has 1 aromatic rings. The van der Waals surface area contributed by atoms with Crippen LogP contribution < -0.4 is 20.5 Å². The van der Waals surface area contributed by atoms with Gasteiger partial charge < -0.3 is 20.5 Å². The number of nitrogens with two attached hydrogens (primary N) is 1. The van der Waals surface area contributed by atoms with Crippen LogP contribution in [0.4, 0.5) is 13.2 Å². The standard InChI is InChI=1S/C22H27F3N2O4/c1-20(2,30-15-3-5-16(6-4-15)31-22(23,24)25)19(29)27-17-13-7-12-8-14(17)11-21(9-12,10-13)18(26)28/h3-6,12-14,17H,7-11H2,1-2H3,(H2,26,28)(H,27,29). The number of hydrogen-bond donors (Lipinski definition) is 2. The van der Waals surface area contributed by atoms with Crippen molar-refractivity contribution in [3.63, 3.8) is 0 Å². The fraction of sp³-hybridized carbons (Fsp3) is 0.636. The number of rotatable bonds is 6. The third-order valence-corrected chi connectivity index (χ3v) is 7.07. The average Bonchev–Trinajstić information content (AvgIpc) is 2.64. The van der Waals surface area contributed by atoms with Crippen molar-refractivity contribution in [2.45, 2.75) is 64.0 Å². The lowest BCUT2D eigenvalue weighted by atomic mass is 9.47. The van der Waals surface area contributed by atoms with Crippen LogP contribution in [0.15, 0.2) is 24.3 Å². The van der Waals surface area contributed by atoms with Crippen molar-refractivity contribution in [2.24, 2.45) is 28.9 Å². The monoisotopic (exact) mass is 440 g/mol. The van der Waals surface area contributed by atoms with Gasteiger partial charge in [0.1, 0.15) is 11.5 Å². The van der Waals surface area contributed by atoms with E-state index in [1.807, 2.05) is 0 Å². The highest BCUT2D eigenvalue weighted by molar-refractivity contribution is 5.85. The third-order valence-electron chi connectivity index (χ3n) is 7.07. The molecule has 0 heterocycles. The summed E-state index contributed by atoms with van der Waals surface area (Å²) in [5.74, 6) is 0.299. The van der Waals surface area contributed by atoms with Gasteiger partial charge in [-0.2, -0.15) is 0 Å². The third kappa shape index (κ3) is 4.32. The van der Waals surface area contributed by atoms with E-state index in [1.165, 1.54) is 12.1 Å². The Hall–Kier alpha value is -2.45. The first kappa shape index (κ1) is 21.8. The van der Waals surface area contributed by atoms with Crippen molar-refractivity contribution in [1.82, 2.24) is 5.32 Å². The summed E-state index contributed by atoms with van der Waals surface area (Å²) in [5.41, 5.74) is 4.06. The van der Waals surface area contributed by atoms with Crippen molar-refractivity contribution in [1.29, 1.82) is 0 Å². The zero-order valence-electron chi connectivity index (χ0n) is 17.5. The molecule has 31 heavy (non-hydrogen) atoms. The van der Waals surface area contributed by atoms with E-state index in [0.717, 1.165) is 31.4 Å². The van der Waals surface area contributed by atoms with Crippen molar-refractivity contribution < 1.29 is 32.2 Å². The van der Waals surface area contributed by atoms with Crippen LogP contribution in [-0.4, -0.2) is 29.8 Å². The number of primary amides is 1. The Kier molecular flexibility index (Phi) is 5.13. The zero-order chi connectivity index (χ0) is 22.6. The highest BCUT2D eigenvalue weighted by atomic mass is 19.4. The van der Waals surface area contributed by atoms with Crippen LogP contribution >= 0.6 is 0 Å². The molecule has 6 nitrogen and oxygen atoms in total. The topological polar surface area (TPSA) is 90.7 Å². The number of carbonyl (C=O) groups is 2. The van der Waals surface area contributed by atoms with Crippen molar-refractivity contribution >= 4 is 11.8 Å². The van der Waals surface area contributed by atoms with E-state index in [4.69, 9.17) is 10.5 Å². The second-order valence-electron chi connectivity index (χ2n) is 9.75. The van der Waals surface area contributed by atoms with Crippen LogP contribution in [0.25, 0.3) is 0 Å². The van der Waals surface area contributed by atoms with Gasteiger partial charge in [-0.1, -0.05) is 0 Å². The molecule has 2 atom stereocenters. The molecule has 2 amide bonds. The van der Waals surface area contributed by atoms with Gasteiger partial charge in [-0.25, -0.2) is 0 Å². The van der Waals surface area contributed by atoms with E-state index >= 15 is 0 Å². The van der Waals surface area contributed by atoms with Gasteiger partial charge in [0, 0.05) is 11.5 Å². The Bertz CT molecular complexity index is 853. The molecule has 4 aliphatic rings. The van der Waals surface area contributed by atoms with Gasteiger partial charge >= 0.3 is 6.36 Å². The molecule has 0 saturated heterocycles. The van der Waals surface area contributed by atoms with Crippen molar-refractivity contribution in [3.05, 3.63) is 24.3 Å².